The molecule has 1 aromatic carbocycles. The van der Waals surface area contributed by atoms with Gasteiger partial charge in [-0.15, -0.1) is 18.0 Å². The van der Waals surface area contributed by atoms with Crippen molar-refractivity contribution in [3.8, 4) is 18.1 Å². The van der Waals surface area contributed by atoms with Gasteiger partial charge in [0.1, 0.15) is 5.75 Å². The van der Waals surface area contributed by atoms with Gasteiger partial charge in [-0.3, -0.25) is 0 Å². The van der Waals surface area contributed by atoms with Crippen LogP contribution in [0.25, 0.3) is 0 Å². The van der Waals surface area contributed by atoms with E-state index < -0.39 is 6.10 Å². The van der Waals surface area contributed by atoms with E-state index in [-0.39, 0.29) is 5.88 Å². The maximum atomic E-state index is 9.29. The van der Waals surface area contributed by atoms with Crippen molar-refractivity contribution in [2.75, 3.05) is 24.9 Å². The van der Waals surface area contributed by atoms with E-state index in [9.17, 15) is 5.11 Å². The molecule has 0 aliphatic carbocycles. The fourth-order valence-corrected chi connectivity index (χ4v) is 1.33. The maximum Gasteiger partial charge on any atom is 0.134 e. The van der Waals surface area contributed by atoms with Crippen LogP contribution in [0.1, 0.15) is 5.56 Å². The summed E-state index contributed by atoms with van der Waals surface area (Å²) in [5.41, 5.74) is 1.51. The molecule has 0 aromatic heterocycles. The van der Waals surface area contributed by atoms with Gasteiger partial charge in [0.2, 0.25) is 0 Å². The van der Waals surface area contributed by atoms with Crippen LogP contribution in [0.2, 0.25) is 0 Å². The van der Waals surface area contributed by atoms with Crippen molar-refractivity contribution < 1.29 is 9.84 Å². The Morgan fingerprint density at radius 2 is 2.38 bits per heavy atom. The summed E-state index contributed by atoms with van der Waals surface area (Å²) in [6.07, 6.45) is 4.78. The number of anilines is 1. The average Bonchev–Trinajstić information content (AvgIpc) is 2.35. The third-order valence-corrected chi connectivity index (χ3v) is 2.43. The SMILES string of the molecule is C#Cc1cc(NCC(O)CCl)ccc1OC. The molecule has 0 fully saturated rings. The Balaban J connectivity index is 2.72. The fourth-order valence-electron chi connectivity index (χ4n) is 1.22. The predicted molar refractivity (Wildman–Crippen MR) is 66.1 cm³/mol. The number of halogens is 1. The van der Waals surface area contributed by atoms with E-state index in [1.807, 2.05) is 6.07 Å². The summed E-state index contributed by atoms with van der Waals surface area (Å²) < 4.78 is 5.10. The quantitative estimate of drug-likeness (QED) is 0.607. The van der Waals surface area contributed by atoms with Crippen LogP contribution in [-0.4, -0.2) is 30.7 Å². The van der Waals surface area contributed by atoms with Crippen LogP contribution >= 0.6 is 11.6 Å². The number of rotatable bonds is 5. The monoisotopic (exact) mass is 239 g/mol. The number of benzene rings is 1. The first-order valence-corrected chi connectivity index (χ1v) is 5.37. The van der Waals surface area contributed by atoms with Gasteiger partial charge in [-0.25, -0.2) is 0 Å². The second kappa shape index (κ2) is 6.26. The van der Waals surface area contributed by atoms with Gasteiger partial charge in [-0.05, 0) is 18.2 Å². The molecule has 1 rings (SSSR count). The zero-order chi connectivity index (χ0) is 12.0. The molecule has 2 N–H and O–H groups in total. The second-order valence-electron chi connectivity index (χ2n) is 3.25. The Hall–Kier alpha value is -1.37. The predicted octanol–water partition coefficient (Wildman–Crippen LogP) is 1.69. The largest absolute Gasteiger partial charge is 0.495 e. The molecule has 0 amide bonds. The van der Waals surface area contributed by atoms with Gasteiger partial charge in [0.15, 0.2) is 0 Å². The van der Waals surface area contributed by atoms with Gasteiger partial charge in [0.05, 0.1) is 24.7 Å². The molecule has 0 aliphatic heterocycles. The lowest BCUT2D eigenvalue weighted by Gasteiger charge is -2.11. The highest BCUT2D eigenvalue weighted by Crippen LogP contribution is 2.21. The first-order valence-electron chi connectivity index (χ1n) is 4.83. The molecule has 4 heteroatoms. The molecular formula is C12H14ClNO2. The molecule has 3 nitrogen and oxygen atoms in total. The first-order chi connectivity index (χ1) is 7.71. The Morgan fingerprint density at radius 1 is 1.62 bits per heavy atom. The van der Waals surface area contributed by atoms with Crippen LogP contribution in [0.5, 0.6) is 5.75 Å². The average molecular weight is 240 g/mol. The van der Waals surface area contributed by atoms with E-state index in [1.165, 1.54) is 0 Å². The first kappa shape index (κ1) is 12.7. The lowest BCUT2D eigenvalue weighted by Crippen LogP contribution is -2.20. The number of aliphatic hydroxyl groups is 1. The molecule has 16 heavy (non-hydrogen) atoms. The number of methoxy groups -OCH3 is 1. The number of aliphatic hydroxyl groups excluding tert-OH is 1. The fraction of sp³-hybridized carbons (Fsp3) is 0.333. The normalized spacial score (nSPS) is 11.6. The number of alkyl halides is 1. The highest BCUT2D eigenvalue weighted by atomic mass is 35.5. The summed E-state index contributed by atoms with van der Waals surface area (Å²) in [5, 5.41) is 12.3. The molecule has 86 valence electrons. The van der Waals surface area contributed by atoms with Crippen molar-refractivity contribution in [2.24, 2.45) is 0 Å². The van der Waals surface area contributed by atoms with E-state index in [0.717, 1.165) is 5.69 Å². The van der Waals surface area contributed by atoms with Crippen LogP contribution in [0, 0.1) is 12.3 Å². The lowest BCUT2D eigenvalue weighted by molar-refractivity contribution is 0.211. The minimum atomic E-state index is -0.571. The van der Waals surface area contributed by atoms with Gasteiger partial charge in [-0.2, -0.15) is 0 Å². The molecule has 1 aromatic rings. The molecule has 0 saturated carbocycles. The van der Waals surface area contributed by atoms with Crippen LogP contribution in [0.3, 0.4) is 0 Å². The van der Waals surface area contributed by atoms with Gasteiger partial charge in [0.25, 0.3) is 0 Å². The van der Waals surface area contributed by atoms with Crippen molar-refractivity contribution in [1.82, 2.24) is 0 Å². The minimum absolute atomic E-state index is 0.200. The smallest absolute Gasteiger partial charge is 0.134 e. The van der Waals surface area contributed by atoms with Crippen LogP contribution in [0.4, 0.5) is 5.69 Å². The van der Waals surface area contributed by atoms with Crippen molar-refractivity contribution in [2.45, 2.75) is 6.10 Å². The van der Waals surface area contributed by atoms with E-state index in [1.54, 1.807) is 19.2 Å². The summed E-state index contributed by atoms with van der Waals surface area (Å²) in [6.45, 7) is 0.389. The number of terminal acetylenes is 1. The Bertz CT molecular complexity index is 387. The van der Waals surface area contributed by atoms with Gasteiger partial charge in [-0.1, -0.05) is 5.92 Å². The molecule has 0 aliphatic rings. The highest BCUT2D eigenvalue weighted by molar-refractivity contribution is 6.18. The van der Waals surface area contributed by atoms with Crippen molar-refractivity contribution >= 4 is 17.3 Å². The molecule has 1 unspecified atom stereocenters. The molecule has 0 saturated heterocycles. The van der Waals surface area contributed by atoms with Gasteiger partial charge < -0.3 is 15.2 Å². The molecule has 0 spiro atoms. The van der Waals surface area contributed by atoms with Crippen molar-refractivity contribution in [1.29, 1.82) is 0 Å². The number of ether oxygens (including phenoxy) is 1. The summed E-state index contributed by atoms with van der Waals surface area (Å²) in [6, 6.07) is 5.41. The lowest BCUT2D eigenvalue weighted by atomic mass is 10.2. The maximum absolute atomic E-state index is 9.29. The molecule has 0 heterocycles. The summed E-state index contributed by atoms with van der Waals surface area (Å²) in [5.74, 6) is 3.39. The van der Waals surface area contributed by atoms with Crippen molar-refractivity contribution in [3.05, 3.63) is 23.8 Å². The van der Waals surface area contributed by atoms with Gasteiger partial charge in [0, 0.05) is 12.2 Å². The molecule has 0 radical (unpaired) electrons. The topological polar surface area (TPSA) is 41.5 Å². The van der Waals surface area contributed by atoms with E-state index >= 15 is 0 Å². The summed E-state index contributed by atoms with van der Waals surface area (Å²) >= 11 is 5.48. The Kier molecular flexibility index (Phi) is 4.97. The summed E-state index contributed by atoms with van der Waals surface area (Å²) in [7, 11) is 1.57. The second-order valence-corrected chi connectivity index (χ2v) is 3.56. The number of hydrogen-bond acceptors (Lipinski definition) is 3. The number of nitrogens with one attached hydrogen (secondary N) is 1. The van der Waals surface area contributed by atoms with Crippen LogP contribution < -0.4 is 10.1 Å². The Labute approximate surface area is 100 Å². The molecular weight excluding hydrogens is 226 g/mol. The number of hydrogen-bond donors (Lipinski definition) is 2. The van der Waals surface area contributed by atoms with E-state index in [2.05, 4.69) is 11.2 Å². The highest BCUT2D eigenvalue weighted by Gasteiger charge is 2.04. The third kappa shape index (κ3) is 3.34. The van der Waals surface area contributed by atoms with E-state index in [4.69, 9.17) is 22.8 Å². The zero-order valence-electron chi connectivity index (χ0n) is 9.03. The van der Waals surface area contributed by atoms with Gasteiger partial charge >= 0.3 is 0 Å². The van der Waals surface area contributed by atoms with Crippen LogP contribution in [0.15, 0.2) is 18.2 Å². The Morgan fingerprint density at radius 3 is 2.94 bits per heavy atom. The molecule has 1 atom stereocenters. The minimum Gasteiger partial charge on any atom is -0.495 e. The third-order valence-electron chi connectivity index (χ3n) is 2.07. The van der Waals surface area contributed by atoms with Crippen molar-refractivity contribution in [3.63, 3.8) is 0 Å². The molecule has 0 bridgehead atoms. The summed E-state index contributed by atoms with van der Waals surface area (Å²) in [4.78, 5) is 0. The van der Waals surface area contributed by atoms with E-state index in [0.29, 0.717) is 17.9 Å². The van der Waals surface area contributed by atoms with Crippen LogP contribution in [-0.2, 0) is 0 Å². The zero-order valence-corrected chi connectivity index (χ0v) is 9.79. The standard InChI is InChI=1S/C12H14ClNO2/c1-3-9-6-10(4-5-12(9)16-2)14-8-11(15)7-13/h1,4-6,11,14-15H,7-8H2,2H3.